The number of hydrogen-bond donors (Lipinski definition) is 1. The highest BCUT2D eigenvalue weighted by molar-refractivity contribution is 9.10. The van der Waals surface area contributed by atoms with Crippen LogP contribution in [0.4, 0.5) is 0 Å². The molecule has 0 amide bonds. The van der Waals surface area contributed by atoms with Gasteiger partial charge in [-0.3, -0.25) is 9.88 Å². The van der Waals surface area contributed by atoms with Crippen LogP contribution in [0.25, 0.3) is 0 Å². The lowest BCUT2D eigenvalue weighted by atomic mass is 10.0. The van der Waals surface area contributed by atoms with Crippen LogP contribution in [0.15, 0.2) is 41.1 Å². The molecule has 5 nitrogen and oxygen atoms in total. The van der Waals surface area contributed by atoms with Gasteiger partial charge in [0, 0.05) is 49.1 Å². The first-order valence-corrected chi connectivity index (χ1v) is 8.77. The van der Waals surface area contributed by atoms with Gasteiger partial charge in [0.15, 0.2) is 11.5 Å². The molecule has 1 unspecified atom stereocenters. The highest BCUT2D eigenvalue weighted by Crippen LogP contribution is 2.35. The summed E-state index contributed by atoms with van der Waals surface area (Å²) in [6, 6.07) is 8.46. The maximum atomic E-state index is 5.45. The first-order chi connectivity index (χ1) is 11.7. The molecule has 0 spiro atoms. The van der Waals surface area contributed by atoms with Gasteiger partial charge in [0.25, 0.3) is 0 Å². The zero-order valence-electron chi connectivity index (χ0n) is 14.0. The molecule has 2 aromatic rings. The highest BCUT2D eigenvalue weighted by atomic mass is 79.9. The molecule has 1 fully saturated rings. The first-order valence-electron chi connectivity index (χ1n) is 7.98. The van der Waals surface area contributed by atoms with Gasteiger partial charge in [-0.2, -0.15) is 0 Å². The molecule has 1 aromatic heterocycles. The van der Waals surface area contributed by atoms with E-state index in [1.54, 1.807) is 14.2 Å². The molecule has 0 bridgehead atoms. The third kappa shape index (κ3) is 3.71. The number of pyridine rings is 1. The number of ether oxygens (including phenoxy) is 2. The number of benzene rings is 1. The molecule has 0 aliphatic carbocycles. The summed E-state index contributed by atoms with van der Waals surface area (Å²) < 4.78 is 11.8. The SMILES string of the molecule is COc1cc(Br)c(CN2CCNCC2c2cccnc2)cc1OC. The molecule has 1 aromatic carbocycles. The molecule has 1 aliphatic heterocycles. The lowest BCUT2D eigenvalue weighted by molar-refractivity contribution is 0.153. The van der Waals surface area contributed by atoms with E-state index in [0.717, 1.165) is 42.2 Å². The van der Waals surface area contributed by atoms with E-state index in [-0.39, 0.29) is 0 Å². The molecule has 0 saturated carbocycles. The van der Waals surface area contributed by atoms with E-state index in [9.17, 15) is 0 Å². The van der Waals surface area contributed by atoms with Crippen molar-refractivity contribution in [2.45, 2.75) is 12.6 Å². The van der Waals surface area contributed by atoms with Crippen molar-refractivity contribution >= 4 is 15.9 Å². The summed E-state index contributed by atoms with van der Waals surface area (Å²) in [5, 5.41) is 3.48. The maximum Gasteiger partial charge on any atom is 0.161 e. The van der Waals surface area contributed by atoms with Gasteiger partial charge in [0.2, 0.25) is 0 Å². The number of methoxy groups -OCH3 is 2. The normalized spacial score (nSPS) is 18.4. The predicted molar refractivity (Wildman–Crippen MR) is 97.5 cm³/mol. The summed E-state index contributed by atoms with van der Waals surface area (Å²) in [6.07, 6.45) is 3.77. The lowest BCUT2D eigenvalue weighted by Crippen LogP contribution is -2.45. The Kier molecular flexibility index (Phi) is 5.71. The van der Waals surface area contributed by atoms with Crippen molar-refractivity contribution in [2.24, 2.45) is 0 Å². The van der Waals surface area contributed by atoms with Crippen molar-refractivity contribution in [1.82, 2.24) is 15.2 Å². The molecule has 6 heteroatoms. The van der Waals surface area contributed by atoms with E-state index >= 15 is 0 Å². The van der Waals surface area contributed by atoms with Gasteiger partial charge in [-0.15, -0.1) is 0 Å². The van der Waals surface area contributed by atoms with Gasteiger partial charge >= 0.3 is 0 Å². The molecule has 0 radical (unpaired) electrons. The fourth-order valence-electron chi connectivity index (χ4n) is 3.07. The van der Waals surface area contributed by atoms with Gasteiger partial charge in [0.05, 0.1) is 14.2 Å². The van der Waals surface area contributed by atoms with Crippen LogP contribution in [-0.4, -0.2) is 43.7 Å². The van der Waals surface area contributed by atoms with E-state index in [0.29, 0.717) is 6.04 Å². The average Bonchev–Trinajstić information content (AvgIpc) is 2.64. The molecule has 128 valence electrons. The topological polar surface area (TPSA) is 46.6 Å². The monoisotopic (exact) mass is 391 g/mol. The van der Waals surface area contributed by atoms with Crippen LogP contribution >= 0.6 is 15.9 Å². The van der Waals surface area contributed by atoms with E-state index in [4.69, 9.17) is 9.47 Å². The van der Waals surface area contributed by atoms with Crippen molar-refractivity contribution in [3.63, 3.8) is 0 Å². The number of rotatable bonds is 5. The molecule has 1 saturated heterocycles. The summed E-state index contributed by atoms with van der Waals surface area (Å²) >= 11 is 3.66. The molecular formula is C18H22BrN3O2. The van der Waals surface area contributed by atoms with Gasteiger partial charge in [-0.25, -0.2) is 0 Å². The number of halogens is 1. The third-order valence-electron chi connectivity index (χ3n) is 4.35. The molecule has 24 heavy (non-hydrogen) atoms. The van der Waals surface area contributed by atoms with Crippen LogP contribution < -0.4 is 14.8 Å². The second-order valence-corrected chi connectivity index (χ2v) is 6.63. The van der Waals surface area contributed by atoms with Gasteiger partial charge in [-0.05, 0) is 29.3 Å². The van der Waals surface area contributed by atoms with Gasteiger partial charge in [-0.1, -0.05) is 22.0 Å². The molecule has 1 N–H and O–H groups in total. The van der Waals surface area contributed by atoms with E-state index in [1.165, 1.54) is 11.1 Å². The van der Waals surface area contributed by atoms with Crippen LogP contribution in [0.1, 0.15) is 17.2 Å². The Hall–Kier alpha value is -1.63. The summed E-state index contributed by atoms with van der Waals surface area (Å²) in [5.41, 5.74) is 2.42. The smallest absolute Gasteiger partial charge is 0.161 e. The van der Waals surface area contributed by atoms with Crippen molar-refractivity contribution in [3.05, 3.63) is 52.3 Å². The summed E-state index contributed by atoms with van der Waals surface area (Å²) in [6.45, 7) is 3.74. The third-order valence-corrected chi connectivity index (χ3v) is 5.09. The van der Waals surface area contributed by atoms with E-state index < -0.39 is 0 Å². The second-order valence-electron chi connectivity index (χ2n) is 5.78. The number of aromatic nitrogens is 1. The largest absolute Gasteiger partial charge is 0.493 e. The van der Waals surface area contributed by atoms with Crippen LogP contribution in [0, 0.1) is 0 Å². The predicted octanol–water partition coefficient (Wildman–Crippen LogP) is 3.01. The second kappa shape index (κ2) is 7.96. The van der Waals surface area contributed by atoms with Crippen LogP contribution in [0.3, 0.4) is 0 Å². The summed E-state index contributed by atoms with van der Waals surface area (Å²) in [7, 11) is 3.32. The Morgan fingerprint density at radius 1 is 1.29 bits per heavy atom. The molecular weight excluding hydrogens is 370 g/mol. The lowest BCUT2D eigenvalue weighted by Gasteiger charge is -2.36. The zero-order chi connectivity index (χ0) is 16.9. The van der Waals surface area contributed by atoms with E-state index in [1.807, 2.05) is 30.6 Å². The molecule has 2 heterocycles. The summed E-state index contributed by atoms with van der Waals surface area (Å²) in [5.74, 6) is 1.49. The Bertz CT molecular complexity index is 681. The van der Waals surface area contributed by atoms with Crippen molar-refractivity contribution in [1.29, 1.82) is 0 Å². The molecule has 1 atom stereocenters. The molecule has 3 rings (SSSR count). The van der Waals surface area contributed by atoms with Crippen molar-refractivity contribution in [2.75, 3.05) is 33.9 Å². The number of piperazine rings is 1. The number of hydrogen-bond acceptors (Lipinski definition) is 5. The minimum Gasteiger partial charge on any atom is -0.493 e. The van der Waals surface area contributed by atoms with Gasteiger partial charge < -0.3 is 14.8 Å². The standard InChI is InChI=1S/C18H22BrN3O2/c1-23-17-8-14(15(19)9-18(17)24-2)12-22-7-6-21-11-16(22)13-4-3-5-20-10-13/h3-5,8-10,16,21H,6-7,11-12H2,1-2H3. The Morgan fingerprint density at radius 2 is 2.08 bits per heavy atom. The average molecular weight is 392 g/mol. The fraction of sp³-hybridized carbons (Fsp3) is 0.389. The molecule has 1 aliphatic rings. The van der Waals surface area contributed by atoms with E-state index in [2.05, 4.69) is 37.2 Å². The minimum atomic E-state index is 0.312. The highest BCUT2D eigenvalue weighted by Gasteiger charge is 2.25. The zero-order valence-corrected chi connectivity index (χ0v) is 15.5. The minimum absolute atomic E-state index is 0.312. The first kappa shape index (κ1) is 17.2. The quantitative estimate of drug-likeness (QED) is 0.848. The fourth-order valence-corrected chi connectivity index (χ4v) is 3.52. The number of nitrogens with one attached hydrogen (secondary N) is 1. The van der Waals surface area contributed by atoms with Gasteiger partial charge in [0.1, 0.15) is 0 Å². The van der Waals surface area contributed by atoms with Crippen LogP contribution in [-0.2, 0) is 6.54 Å². The maximum absolute atomic E-state index is 5.45. The Morgan fingerprint density at radius 3 is 2.79 bits per heavy atom. The Balaban J connectivity index is 1.85. The van der Waals surface area contributed by atoms with Crippen molar-refractivity contribution < 1.29 is 9.47 Å². The number of nitrogens with zero attached hydrogens (tertiary/aromatic N) is 2. The summed E-state index contributed by atoms with van der Waals surface area (Å²) in [4.78, 5) is 6.74. The van der Waals surface area contributed by atoms with Crippen LogP contribution in [0.5, 0.6) is 11.5 Å². The van der Waals surface area contributed by atoms with Crippen LogP contribution in [0.2, 0.25) is 0 Å². The Labute approximate surface area is 151 Å². The van der Waals surface area contributed by atoms with Crippen molar-refractivity contribution in [3.8, 4) is 11.5 Å².